The molecule has 0 aliphatic carbocycles. The standard InChI is InChI=1S/C21H16F3N3O4S2/c1-33(29,30)20-26-15-8-4-5-9-16(15)27(20)18-11-10-17(19(25)28)32(18)31-12-13-6-2-3-7-14(13)21(22,23)24/h2-11H,12H2,1H3,(H-,25,28)/p+1. The number of aromatic nitrogens is 2. The summed E-state index contributed by atoms with van der Waals surface area (Å²) in [4.78, 5) is 16.2. The first kappa shape index (κ1) is 23.0. The van der Waals surface area contributed by atoms with Gasteiger partial charge in [-0.2, -0.15) is 13.2 Å². The van der Waals surface area contributed by atoms with Crippen LogP contribution in [0.3, 0.4) is 0 Å². The molecule has 4 rings (SSSR count). The average Bonchev–Trinajstić information content (AvgIpc) is 3.32. The lowest BCUT2D eigenvalue weighted by Gasteiger charge is -2.11. The maximum atomic E-state index is 13.4. The number of para-hydroxylation sites is 2. The number of sulfone groups is 1. The molecule has 172 valence electrons. The summed E-state index contributed by atoms with van der Waals surface area (Å²) >= 11 is 0. The number of hydrogen-bond acceptors (Lipinski definition) is 5. The van der Waals surface area contributed by atoms with E-state index >= 15 is 0 Å². The van der Waals surface area contributed by atoms with Crippen molar-refractivity contribution in [2.75, 3.05) is 6.26 Å². The van der Waals surface area contributed by atoms with Crippen LogP contribution in [-0.4, -0.2) is 30.1 Å². The van der Waals surface area contributed by atoms with Crippen molar-refractivity contribution >= 4 is 37.5 Å². The average molecular weight is 497 g/mol. The molecule has 7 nitrogen and oxygen atoms in total. The van der Waals surface area contributed by atoms with Crippen LogP contribution in [0.25, 0.3) is 16.0 Å². The number of carbonyl (C=O) groups excluding carboxylic acids is 1. The first-order valence-electron chi connectivity index (χ1n) is 9.41. The maximum absolute atomic E-state index is 13.4. The largest absolute Gasteiger partial charge is 0.416 e. The van der Waals surface area contributed by atoms with Crippen LogP contribution in [0.2, 0.25) is 0 Å². The molecule has 0 aliphatic rings. The van der Waals surface area contributed by atoms with Gasteiger partial charge in [-0.15, -0.1) is 4.18 Å². The van der Waals surface area contributed by atoms with Gasteiger partial charge in [0.25, 0.3) is 9.88 Å². The Morgan fingerprint density at radius 1 is 1.09 bits per heavy atom. The number of hydrogen-bond donors (Lipinski definition) is 1. The molecule has 12 heteroatoms. The van der Waals surface area contributed by atoms with E-state index in [1.807, 2.05) is 0 Å². The Hall–Kier alpha value is -3.22. The number of carbonyl (C=O) groups is 1. The molecule has 0 radical (unpaired) electrons. The number of amides is 1. The summed E-state index contributed by atoms with van der Waals surface area (Å²) in [7, 11) is -5.38. The van der Waals surface area contributed by atoms with E-state index in [-0.39, 0.29) is 20.6 Å². The SMILES string of the molecule is CS(=O)(=O)c1nc2ccccc2n1-c1ccc(C(N)=O)[s+]1OCc1ccccc1C(F)(F)F. The quantitative estimate of drug-likeness (QED) is 0.408. The van der Waals surface area contributed by atoms with Crippen LogP contribution < -0.4 is 9.92 Å². The van der Waals surface area contributed by atoms with Crippen LogP contribution in [-0.2, 0) is 22.6 Å². The van der Waals surface area contributed by atoms with Crippen molar-refractivity contribution in [2.24, 2.45) is 5.73 Å². The lowest BCUT2D eigenvalue weighted by Crippen LogP contribution is -2.14. The molecule has 1 atom stereocenters. The molecular formula is C21H17F3N3O4S2+. The second-order valence-corrected chi connectivity index (χ2v) is 10.6. The Morgan fingerprint density at radius 3 is 2.42 bits per heavy atom. The fraction of sp³-hybridized carbons (Fsp3) is 0.143. The van der Waals surface area contributed by atoms with Gasteiger partial charge in [0.05, 0.1) is 16.6 Å². The Labute approximate surface area is 189 Å². The molecular weight excluding hydrogens is 479 g/mol. The predicted molar refractivity (Wildman–Crippen MR) is 117 cm³/mol. The molecule has 0 spiro atoms. The highest BCUT2D eigenvalue weighted by molar-refractivity contribution is 7.90. The molecule has 0 saturated carbocycles. The molecule has 0 aliphatic heterocycles. The van der Waals surface area contributed by atoms with Crippen LogP contribution in [0.1, 0.15) is 20.8 Å². The third-order valence-electron chi connectivity index (χ3n) is 4.75. The van der Waals surface area contributed by atoms with Crippen molar-refractivity contribution in [3.63, 3.8) is 0 Å². The van der Waals surface area contributed by atoms with Crippen molar-refractivity contribution in [3.05, 3.63) is 76.7 Å². The van der Waals surface area contributed by atoms with Crippen molar-refractivity contribution in [2.45, 2.75) is 17.9 Å². The Morgan fingerprint density at radius 2 is 1.76 bits per heavy atom. The highest BCUT2D eigenvalue weighted by atomic mass is 32.2. The second-order valence-electron chi connectivity index (χ2n) is 7.08. The number of nitrogens with two attached hydrogens (primary N) is 1. The lowest BCUT2D eigenvalue weighted by molar-refractivity contribution is -0.138. The minimum Gasteiger partial charge on any atom is -0.361 e. The Kier molecular flexibility index (Phi) is 5.76. The zero-order valence-corrected chi connectivity index (χ0v) is 18.7. The maximum Gasteiger partial charge on any atom is 0.416 e. The zero-order chi connectivity index (χ0) is 24.0. The van der Waals surface area contributed by atoms with Crippen LogP contribution in [0, 0.1) is 0 Å². The topological polar surface area (TPSA) is 104 Å². The number of thiophene rings is 1. The first-order valence-corrected chi connectivity index (χ1v) is 12.4. The minimum absolute atomic E-state index is 0.00622. The number of fused-ring (bicyclic) bond motifs is 1. The van der Waals surface area contributed by atoms with E-state index < -0.39 is 44.8 Å². The third-order valence-corrected chi connectivity index (χ3v) is 7.47. The Bertz CT molecular complexity index is 1470. The molecule has 0 bridgehead atoms. The van der Waals surface area contributed by atoms with Crippen molar-refractivity contribution in [3.8, 4) is 5.00 Å². The summed E-state index contributed by atoms with van der Waals surface area (Å²) in [6, 6.07) is 14.4. The number of benzene rings is 2. The number of halogens is 3. The van der Waals surface area contributed by atoms with Crippen LogP contribution in [0.4, 0.5) is 13.2 Å². The highest BCUT2D eigenvalue weighted by Gasteiger charge is 2.36. The molecule has 2 aromatic heterocycles. The molecule has 1 unspecified atom stereocenters. The van der Waals surface area contributed by atoms with Gasteiger partial charge in [0.15, 0.2) is 10.8 Å². The Balaban J connectivity index is 1.88. The molecule has 2 aromatic carbocycles. The third kappa shape index (κ3) is 4.36. The van der Waals surface area contributed by atoms with E-state index in [0.717, 1.165) is 12.3 Å². The summed E-state index contributed by atoms with van der Waals surface area (Å²) in [6.45, 7) is -0.485. The number of imidazole rings is 1. The number of nitrogens with zero attached hydrogens (tertiary/aromatic N) is 2. The fourth-order valence-electron chi connectivity index (χ4n) is 3.35. The van der Waals surface area contributed by atoms with E-state index in [9.17, 15) is 26.4 Å². The fourth-order valence-corrected chi connectivity index (χ4v) is 5.83. The number of primary amides is 1. The van der Waals surface area contributed by atoms with Crippen LogP contribution >= 0.6 is 10.8 Å². The molecule has 2 heterocycles. The van der Waals surface area contributed by atoms with Gasteiger partial charge in [0.2, 0.25) is 15.0 Å². The van der Waals surface area contributed by atoms with Gasteiger partial charge in [-0.05, 0) is 23.8 Å². The molecule has 0 saturated heterocycles. The van der Waals surface area contributed by atoms with Crippen LogP contribution in [0.5, 0.6) is 0 Å². The van der Waals surface area contributed by atoms with Crippen molar-refractivity contribution in [1.82, 2.24) is 9.55 Å². The van der Waals surface area contributed by atoms with Gasteiger partial charge in [0, 0.05) is 18.4 Å². The summed E-state index contributed by atoms with van der Waals surface area (Å²) in [5, 5.41) is -0.0618. The van der Waals surface area contributed by atoms with E-state index in [4.69, 9.17) is 9.92 Å². The molecule has 4 aromatic rings. The van der Waals surface area contributed by atoms with Gasteiger partial charge < -0.3 is 5.73 Å². The summed E-state index contributed by atoms with van der Waals surface area (Å²) in [6.07, 6.45) is -3.61. The summed E-state index contributed by atoms with van der Waals surface area (Å²) in [5.41, 5.74) is 5.29. The van der Waals surface area contributed by atoms with E-state index in [2.05, 4.69) is 4.98 Å². The minimum atomic E-state index is -4.59. The van der Waals surface area contributed by atoms with Gasteiger partial charge in [0.1, 0.15) is 6.61 Å². The van der Waals surface area contributed by atoms with Gasteiger partial charge >= 0.3 is 12.1 Å². The molecule has 2 N–H and O–H groups in total. The van der Waals surface area contributed by atoms with E-state index in [0.29, 0.717) is 11.0 Å². The first-order chi connectivity index (χ1) is 15.5. The number of rotatable bonds is 6. The van der Waals surface area contributed by atoms with E-state index in [1.54, 1.807) is 24.3 Å². The highest BCUT2D eigenvalue weighted by Crippen LogP contribution is 2.38. The monoisotopic (exact) mass is 496 g/mol. The number of alkyl halides is 3. The smallest absolute Gasteiger partial charge is 0.361 e. The molecule has 33 heavy (non-hydrogen) atoms. The molecule has 0 fully saturated rings. The van der Waals surface area contributed by atoms with Crippen molar-refractivity contribution in [1.29, 1.82) is 0 Å². The van der Waals surface area contributed by atoms with E-state index in [1.165, 1.54) is 34.9 Å². The second kappa shape index (κ2) is 8.28. The normalized spacial score (nSPS) is 12.9. The zero-order valence-electron chi connectivity index (χ0n) is 17.0. The molecule has 1 amide bonds. The lowest BCUT2D eigenvalue weighted by atomic mass is 10.1. The van der Waals surface area contributed by atoms with Gasteiger partial charge in [-0.3, -0.25) is 4.79 Å². The predicted octanol–water partition coefficient (Wildman–Crippen LogP) is 3.92. The van der Waals surface area contributed by atoms with Crippen LogP contribution in [0.15, 0.2) is 65.8 Å². The van der Waals surface area contributed by atoms with Gasteiger partial charge in [-0.1, -0.05) is 30.3 Å². The van der Waals surface area contributed by atoms with Gasteiger partial charge in [-0.25, -0.2) is 18.0 Å². The summed E-state index contributed by atoms with van der Waals surface area (Å²) < 4.78 is 72.2. The summed E-state index contributed by atoms with van der Waals surface area (Å²) in [5.74, 6) is -0.834. The van der Waals surface area contributed by atoms with Crippen molar-refractivity contribution < 1.29 is 30.6 Å².